The molecule has 1 unspecified atom stereocenters. The quantitative estimate of drug-likeness (QED) is 0.851. The van der Waals surface area contributed by atoms with Crippen molar-refractivity contribution in [2.24, 2.45) is 7.05 Å². The van der Waals surface area contributed by atoms with Gasteiger partial charge in [0, 0.05) is 31.7 Å². The molecule has 3 rings (SSSR count). The van der Waals surface area contributed by atoms with Crippen LogP contribution in [0, 0.1) is 6.92 Å². The molecule has 1 aromatic heterocycles. The van der Waals surface area contributed by atoms with E-state index in [1.165, 1.54) is 16.8 Å². The maximum atomic E-state index is 4.40. The fourth-order valence-electron chi connectivity index (χ4n) is 2.62. The maximum Gasteiger partial charge on any atom is 0.0596 e. The molecule has 2 heterocycles. The molecule has 3 nitrogen and oxygen atoms in total. The molecule has 2 aromatic rings. The van der Waals surface area contributed by atoms with Crippen molar-refractivity contribution >= 4 is 0 Å². The molecule has 0 spiro atoms. The topological polar surface area (TPSA) is 29.9 Å². The van der Waals surface area contributed by atoms with Crippen LogP contribution in [0.5, 0.6) is 0 Å². The highest BCUT2D eigenvalue weighted by Gasteiger charge is 2.22. The summed E-state index contributed by atoms with van der Waals surface area (Å²) in [6.07, 6.45) is 1.01. The Kier molecular flexibility index (Phi) is 2.48. The molecular formula is C14H17N3. The Hall–Kier alpha value is -1.61. The molecule has 0 amide bonds. The van der Waals surface area contributed by atoms with E-state index < -0.39 is 0 Å². The van der Waals surface area contributed by atoms with Crippen molar-refractivity contribution in [1.82, 2.24) is 15.1 Å². The summed E-state index contributed by atoms with van der Waals surface area (Å²) in [5.74, 6) is 0. The summed E-state index contributed by atoms with van der Waals surface area (Å²) in [4.78, 5) is 0. The van der Waals surface area contributed by atoms with Crippen LogP contribution in [-0.4, -0.2) is 9.78 Å². The van der Waals surface area contributed by atoms with E-state index in [-0.39, 0.29) is 0 Å². The molecule has 0 saturated carbocycles. The molecule has 1 N–H and O–H groups in total. The van der Waals surface area contributed by atoms with Gasteiger partial charge < -0.3 is 5.32 Å². The van der Waals surface area contributed by atoms with E-state index in [0.29, 0.717) is 6.04 Å². The van der Waals surface area contributed by atoms with Gasteiger partial charge in [-0.15, -0.1) is 0 Å². The molecule has 17 heavy (non-hydrogen) atoms. The van der Waals surface area contributed by atoms with Crippen LogP contribution in [0.4, 0.5) is 0 Å². The van der Waals surface area contributed by atoms with E-state index in [0.717, 1.165) is 18.7 Å². The molecule has 1 atom stereocenters. The Bertz CT molecular complexity index is 542. The van der Waals surface area contributed by atoms with E-state index in [2.05, 4.69) is 40.7 Å². The van der Waals surface area contributed by atoms with E-state index in [9.17, 15) is 0 Å². The Labute approximate surface area is 101 Å². The Balaban J connectivity index is 1.86. The number of nitrogens with zero attached hydrogens (tertiary/aromatic N) is 2. The second-order valence-electron chi connectivity index (χ2n) is 4.74. The Morgan fingerprint density at radius 1 is 1.41 bits per heavy atom. The normalized spacial score (nSPS) is 18.4. The average Bonchev–Trinajstić information content (AvgIpc) is 2.85. The summed E-state index contributed by atoms with van der Waals surface area (Å²) < 4.78 is 1.98. The van der Waals surface area contributed by atoms with Gasteiger partial charge in [-0.25, -0.2) is 0 Å². The van der Waals surface area contributed by atoms with Gasteiger partial charge in [-0.2, -0.15) is 5.10 Å². The molecule has 0 bridgehead atoms. The first-order chi connectivity index (χ1) is 8.24. The highest BCUT2D eigenvalue weighted by molar-refractivity contribution is 5.34. The zero-order valence-electron chi connectivity index (χ0n) is 10.3. The van der Waals surface area contributed by atoms with E-state index >= 15 is 0 Å². The first kappa shape index (κ1) is 10.5. The maximum absolute atomic E-state index is 4.40. The van der Waals surface area contributed by atoms with Gasteiger partial charge in [0.1, 0.15) is 0 Å². The number of aryl methyl sites for hydroxylation is 2. The first-order valence-electron chi connectivity index (χ1n) is 6.05. The second-order valence-corrected chi connectivity index (χ2v) is 4.74. The van der Waals surface area contributed by atoms with Crippen molar-refractivity contribution in [1.29, 1.82) is 0 Å². The predicted octanol–water partition coefficient (Wildman–Crippen LogP) is 2.12. The molecule has 88 valence electrons. The summed E-state index contributed by atoms with van der Waals surface area (Å²) in [6, 6.07) is 11.3. The third-order valence-electron chi connectivity index (χ3n) is 3.48. The Morgan fingerprint density at radius 2 is 2.24 bits per heavy atom. The monoisotopic (exact) mass is 227 g/mol. The molecular weight excluding hydrogens is 210 g/mol. The van der Waals surface area contributed by atoms with Crippen molar-refractivity contribution in [3.05, 3.63) is 52.8 Å². The summed E-state index contributed by atoms with van der Waals surface area (Å²) >= 11 is 0. The Morgan fingerprint density at radius 3 is 3.00 bits per heavy atom. The lowest BCUT2D eigenvalue weighted by Gasteiger charge is -2.11. The van der Waals surface area contributed by atoms with E-state index in [1.54, 1.807) is 0 Å². The molecule has 1 aliphatic heterocycles. The lowest BCUT2D eigenvalue weighted by atomic mass is 10.0. The molecule has 0 radical (unpaired) electrons. The number of aromatic nitrogens is 2. The van der Waals surface area contributed by atoms with Gasteiger partial charge in [-0.05, 0) is 24.1 Å². The number of hydrogen-bond donors (Lipinski definition) is 1. The predicted molar refractivity (Wildman–Crippen MR) is 67.7 cm³/mol. The van der Waals surface area contributed by atoms with Gasteiger partial charge >= 0.3 is 0 Å². The standard InChI is InChI=1S/C14H17N3/c1-10-7-12(17(2)16-10)8-14-13-6-4-3-5-11(13)9-15-14/h3-7,14-15H,8-9H2,1-2H3. The van der Waals surface area contributed by atoms with Crippen LogP contribution in [0.25, 0.3) is 0 Å². The zero-order valence-corrected chi connectivity index (χ0v) is 10.3. The van der Waals surface area contributed by atoms with Gasteiger partial charge in [-0.3, -0.25) is 4.68 Å². The van der Waals surface area contributed by atoms with Crippen LogP contribution >= 0.6 is 0 Å². The molecule has 3 heteroatoms. The van der Waals surface area contributed by atoms with E-state index in [1.807, 2.05) is 18.7 Å². The van der Waals surface area contributed by atoms with E-state index in [4.69, 9.17) is 0 Å². The minimum atomic E-state index is 0.431. The first-order valence-corrected chi connectivity index (χ1v) is 6.05. The van der Waals surface area contributed by atoms with Crippen molar-refractivity contribution in [2.75, 3.05) is 0 Å². The number of nitrogens with one attached hydrogen (secondary N) is 1. The second kappa shape index (κ2) is 4.00. The van der Waals surface area contributed by atoms with Gasteiger partial charge in [0.2, 0.25) is 0 Å². The molecule has 1 aliphatic rings. The molecule has 0 saturated heterocycles. The zero-order chi connectivity index (χ0) is 11.8. The summed E-state index contributed by atoms with van der Waals surface area (Å²) in [5, 5.41) is 7.96. The SMILES string of the molecule is Cc1cc(CC2NCc3ccccc32)n(C)n1. The minimum absolute atomic E-state index is 0.431. The number of benzene rings is 1. The highest BCUT2D eigenvalue weighted by Crippen LogP contribution is 2.27. The minimum Gasteiger partial charge on any atom is -0.305 e. The van der Waals surface area contributed by atoms with Crippen molar-refractivity contribution in [3.8, 4) is 0 Å². The molecule has 0 aliphatic carbocycles. The molecule has 0 fully saturated rings. The van der Waals surface area contributed by atoms with Crippen LogP contribution in [0.3, 0.4) is 0 Å². The third kappa shape index (κ3) is 1.87. The van der Waals surface area contributed by atoms with Gasteiger partial charge in [0.15, 0.2) is 0 Å². The fraction of sp³-hybridized carbons (Fsp3) is 0.357. The fourth-order valence-corrected chi connectivity index (χ4v) is 2.62. The van der Waals surface area contributed by atoms with Crippen LogP contribution in [0.1, 0.15) is 28.6 Å². The number of hydrogen-bond acceptors (Lipinski definition) is 2. The number of fused-ring (bicyclic) bond motifs is 1. The molecule has 1 aromatic carbocycles. The largest absolute Gasteiger partial charge is 0.305 e. The lowest BCUT2D eigenvalue weighted by molar-refractivity contribution is 0.554. The van der Waals surface area contributed by atoms with Gasteiger partial charge in [0.25, 0.3) is 0 Å². The van der Waals surface area contributed by atoms with Gasteiger partial charge in [0.05, 0.1) is 5.69 Å². The summed E-state index contributed by atoms with van der Waals surface area (Å²) in [7, 11) is 2.02. The van der Waals surface area contributed by atoms with Crippen LogP contribution < -0.4 is 5.32 Å². The van der Waals surface area contributed by atoms with Gasteiger partial charge in [-0.1, -0.05) is 24.3 Å². The van der Waals surface area contributed by atoms with Crippen LogP contribution in [0.2, 0.25) is 0 Å². The lowest BCUT2D eigenvalue weighted by Crippen LogP contribution is -2.16. The average molecular weight is 227 g/mol. The smallest absolute Gasteiger partial charge is 0.0596 e. The third-order valence-corrected chi connectivity index (χ3v) is 3.48. The number of rotatable bonds is 2. The highest BCUT2D eigenvalue weighted by atomic mass is 15.3. The van der Waals surface area contributed by atoms with Crippen molar-refractivity contribution < 1.29 is 0 Å². The summed E-state index contributed by atoms with van der Waals surface area (Å²) in [5.41, 5.74) is 5.24. The van der Waals surface area contributed by atoms with Crippen molar-refractivity contribution in [3.63, 3.8) is 0 Å². The van der Waals surface area contributed by atoms with Crippen molar-refractivity contribution in [2.45, 2.75) is 25.9 Å². The van der Waals surface area contributed by atoms with Crippen LogP contribution in [0.15, 0.2) is 30.3 Å². The van der Waals surface area contributed by atoms with Crippen LogP contribution in [-0.2, 0) is 20.0 Å². The summed E-state index contributed by atoms with van der Waals surface area (Å²) in [6.45, 7) is 3.02.